The van der Waals surface area contributed by atoms with E-state index in [0.29, 0.717) is 44.1 Å². The molecule has 8 nitrogen and oxygen atoms in total. The van der Waals surface area contributed by atoms with Gasteiger partial charge in [-0.05, 0) is 69.2 Å². The number of unbranched alkanes of at least 4 members (excludes halogenated alkanes) is 1. The number of carbonyl (C=O) groups excluding carboxylic acids is 2. The maximum atomic E-state index is 13.1. The molecule has 3 fully saturated rings. The van der Waals surface area contributed by atoms with E-state index in [1.807, 2.05) is 0 Å². The Labute approximate surface area is 185 Å². The Morgan fingerprint density at radius 3 is 2.29 bits per heavy atom. The van der Waals surface area contributed by atoms with E-state index in [1.54, 1.807) is 0 Å². The van der Waals surface area contributed by atoms with Crippen LogP contribution in [0.25, 0.3) is 0 Å². The summed E-state index contributed by atoms with van der Waals surface area (Å²) in [5, 5.41) is 18.0. The molecule has 5 atom stereocenters. The number of nitrogens with one attached hydrogen (secondary N) is 3. The smallest absolute Gasteiger partial charge is 0.326 e. The minimum Gasteiger partial charge on any atom is -0.480 e. The molecule has 176 valence electrons. The molecule has 8 heteroatoms. The number of carbonyl (C=O) groups is 3. The molecular weight excluding hydrogens is 396 g/mol. The number of urea groups is 1. The van der Waals surface area contributed by atoms with Gasteiger partial charge in [-0.2, -0.15) is 0 Å². The highest BCUT2D eigenvalue weighted by molar-refractivity contribution is 5.89. The van der Waals surface area contributed by atoms with Gasteiger partial charge in [-0.25, -0.2) is 9.59 Å². The summed E-state index contributed by atoms with van der Waals surface area (Å²) in [4.78, 5) is 37.3. The first-order valence-electron chi connectivity index (χ1n) is 12.3. The minimum absolute atomic E-state index is 0.117. The zero-order valence-electron chi connectivity index (χ0n) is 18.6. The second-order valence-electron chi connectivity index (χ2n) is 9.88. The summed E-state index contributed by atoms with van der Waals surface area (Å²) in [6, 6.07) is -1.96. The molecule has 0 aromatic carbocycles. The van der Waals surface area contributed by atoms with Gasteiger partial charge in [0.15, 0.2) is 0 Å². The molecule has 0 saturated heterocycles. The summed E-state index contributed by atoms with van der Waals surface area (Å²) in [6.07, 6.45) is 12.7. The van der Waals surface area contributed by atoms with Gasteiger partial charge in [0.2, 0.25) is 5.91 Å². The first-order chi connectivity index (χ1) is 15.0. The van der Waals surface area contributed by atoms with Crippen molar-refractivity contribution in [3.63, 3.8) is 0 Å². The Kier molecular flexibility index (Phi) is 8.99. The van der Waals surface area contributed by atoms with Crippen molar-refractivity contribution in [1.29, 1.82) is 0 Å². The average Bonchev–Trinajstić information content (AvgIpc) is 3.36. The molecule has 3 aliphatic carbocycles. The Hall–Kier alpha value is -1.83. The fraction of sp³-hybridized carbons (Fsp3) is 0.870. The largest absolute Gasteiger partial charge is 0.480 e. The average molecular weight is 437 g/mol. The Bertz CT molecular complexity index is 623. The number of rotatable bonds is 11. The number of carboxylic acid groups (broad SMARTS) is 1. The van der Waals surface area contributed by atoms with Gasteiger partial charge < -0.3 is 26.8 Å². The van der Waals surface area contributed by atoms with Gasteiger partial charge in [0.25, 0.3) is 0 Å². The second kappa shape index (κ2) is 11.7. The van der Waals surface area contributed by atoms with E-state index in [9.17, 15) is 19.5 Å². The van der Waals surface area contributed by atoms with Crippen molar-refractivity contribution in [1.82, 2.24) is 16.0 Å². The van der Waals surface area contributed by atoms with Crippen molar-refractivity contribution in [3.8, 4) is 0 Å². The molecule has 3 rings (SSSR count). The van der Waals surface area contributed by atoms with Crippen molar-refractivity contribution in [2.75, 3.05) is 6.54 Å². The van der Waals surface area contributed by atoms with E-state index in [0.717, 1.165) is 25.2 Å². The molecule has 0 aromatic heterocycles. The highest BCUT2D eigenvalue weighted by Crippen LogP contribution is 2.44. The Morgan fingerprint density at radius 2 is 1.68 bits per heavy atom. The van der Waals surface area contributed by atoms with Crippen LogP contribution < -0.4 is 21.7 Å². The third-order valence-electron chi connectivity index (χ3n) is 7.53. The molecule has 0 heterocycles. The van der Waals surface area contributed by atoms with Gasteiger partial charge in [0, 0.05) is 6.04 Å². The van der Waals surface area contributed by atoms with Crippen LogP contribution in [0.5, 0.6) is 0 Å². The van der Waals surface area contributed by atoms with Crippen LogP contribution in [0.3, 0.4) is 0 Å². The summed E-state index contributed by atoms with van der Waals surface area (Å²) >= 11 is 0. The standard InChI is InChI=1S/C23H40N4O4/c24-11-5-4-8-18(22(29)30)26-23(31)27-20(13-15-6-2-1-3-7-15)21(28)25-19-14-16-9-10-17(19)12-16/h15-20H,1-14,24H2,(H,25,28)(H,29,30)(H2,26,27,31)/t16?,17?,18-,19?,20+/m0/s1. The molecule has 3 amide bonds. The number of carboxylic acids is 1. The summed E-state index contributed by atoms with van der Waals surface area (Å²) in [5.74, 6) is 0.533. The maximum absolute atomic E-state index is 13.1. The minimum atomic E-state index is -1.07. The van der Waals surface area contributed by atoms with Crippen LogP contribution in [0, 0.1) is 17.8 Å². The Morgan fingerprint density at radius 1 is 0.935 bits per heavy atom. The quantitative estimate of drug-likeness (QED) is 0.317. The van der Waals surface area contributed by atoms with Crippen molar-refractivity contribution in [3.05, 3.63) is 0 Å². The SMILES string of the molecule is NCCCC[C@H](NC(=O)N[C@H](CC1CCCCC1)C(=O)NC1CC2CCC1C2)C(=O)O. The molecule has 2 bridgehead atoms. The van der Waals surface area contributed by atoms with E-state index in [-0.39, 0.29) is 11.9 Å². The van der Waals surface area contributed by atoms with Crippen LogP contribution >= 0.6 is 0 Å². The van der Waals surface area contributed by atoms with Gasteiger partial charge >= 0.3 is 12.0 Å². The number of nitrogens with two attached hydrogens (primary N) is 1. The molecule has 0 spiro atoms. The molecule has 31 heavy (non-hydrogen) atoms. The van der Waals surface area contributed by atoms with Crippen LogP contribution in [0.2, 0.25) is 0 Å². The van der Waals surface area contributed by atoms with Crippen LogP contribution in [-0.2, 0) is 9.59 Å². The van der Waals surface area contributed by atoms with Crippen molar-refractivity contribution < 1.29 is 19.5 Å². The van der Waals surface area contributed by atoms with Gasteiger partial charge in [-0.1, -0.05) is 38.5 Å². The monoisotopic (exact) mass is 436 g/mol. The third kappa shape index (κ3) is 7.09. The fourth-order valence-electron chi connectivity index (χ4n) is 5.80. The van der Waals surface area contributed by atoms with Gasteiger partial charge in [0.1, 0.15) is 12.1 Å². The second-order valence-corrected chi connectivity index (χ2v) is 9.88. The third-order valence-corrected chi connectivity index (χ3v) is 7.53. The molecule has 3 saturated carbocycles. The number of hydrogen-bond donors (Lipinski definition) is 5. The molecule has 3 aliphatic rings. The summed E-state index contributed by atoms with van der Waals surface area (Å²) in [6.45, 7) is 0.491. The summed E-state index contributed by atoms with van der Waals surface area (Å²) in [5.41, 5.74) is 5.48. The fourth-order valence-corrected chi connectivity index (χ4v) is 5.80. The summed E-state index contributed by atoms with van der Waals surface area (Å²) in [7, 11) is 0. The lowest BCUT2D eigenvalue weighted by molar-refractivity contribution is -0.139. The van der Waals surface area contributed by atoms with Crippen LogP contribution in [-0.4, -0.2) is 47.7 Å². The first kappa shape index (κ1) is 23.8. The van der Waals surface area contributed by atoms with Crippen LogP contribution in [0.15, 0.2) is 0 Å². The van der Waals surface area contributed by atoms with Gasteiger partial charge in [0.05, 0.1) is 0 Å². The molecule has 0 aromatic rings. The Balaban J connectivity index is 1.57. The van der Waals surface area contributed by atoms with E-state index in [1.165, 1.54) is 38.5 Å². The molecule has 0 radical (unpaired) electrons. The number of hydrogen-bond acceptors (Lipinski definition) is 4. The van der Waals surface area contributed by atoms with Crippen molar-refractivity contribution in [2.45, 2.75) is 102 Å². The number of fused-ring (bicyclic) bond motifs is 2. The lowest BCUT2D eigenvalue weighted by Gasteiger charge is -2.29. The number of amides is 3. The molecule has 6 N–H and O–H groups in total. The molecular formula is C23H40N4O4. The van der Waals surface area contributed by atoms with E-state index in [4.69, 9.17) is 5.73 Å². The van der Waals surface area contributed by atoms with Gasteiger partial charge in [-0.3, -0.25) is 4.79 Å². The lowest BCUT2D eigenvalue weighted by atomic mass is 9.84. The first-order valence-corrected chi connectivity index (χ1v) is 12.3. The van der Waals surface area contributed by atoms with Crippen molar-refractivity contribution >= 4 is 17.9 Å². The van der Waals surface area contributed by atoms with E-state index in [2.05, 4.69) is 16.0 Å². The zero-order chi connectivity index (χ0) is 22.2. The van der Waals surface area contributed by atoms with Crippen molar-refractivity contribution in [2.24, 2.45) is 23.5 Å². The lowest BCUT2D eigenvalue weighted by Crippen LogP contribution is -2.55. The van der Waals surface area contributed by atoms with E-state index < -0.39 is 24.1 Å². The predicted molar refractivity (Wildman–Crippen MR) is 118 cm³/mol. The zero-order valence-corrected chi connectivity index (χ0v) is 18.6. The van der Waals surface area contributed by atoms with Crippen LogP contribution in [0.4, 0.5) is 4.79 Å². The highest BCUT2D eigenvalue weighted by Gasteiger charge is 2.41. The maximum Gasteiger partial charge on any atom is 0.326 e. The van der Waals surface area contributed by atoms with E-state index >= 15 is 0 Å². The molecule has 3 unspecified atom stereocenters. The predicted octanol–water partition coefficient (Wildman–Crippen LogP) is 2.51. The van der Waals surface area contributed by atoms with Crippen LogP contribution in [0.1, 0.15) is 83.5 Å². The topological polar surface area (TPSA) is 134 Å². The molecule has 0 aliphatic heterocycles. The van der Waals surface area contributed by atoms with Gasteiger partial charge in [-0.15, -0.1) is 0 Å². The normalized spacial score (nSPS) is 27.5. The summed E-state index contributed by atoms with van der Waals surface area (Å²) < 4.78 is 0. The highest BCUT2D eigenvalue weighted by atomic mass is 16.4. The number of aliphatic carboxylic acids is 1.